The van der Waals surface area contributed by atoms with E-state index < -0.39 is 28.2 Å². The van der Waals surface area contributed by atoms with Gasteiger partial charge in [-0.25, -0.2) is 14.2 Å². The van der Waals surface area contributed by atoms with E-state index in [0.29, 0.717) is 18.8 Å². The van der Waals surface area contributed by atoms with Crippen LogP contribution >= 0.6 is 0 Å². The van der Waals surface area contributed by atoms with E-state index in [0.717, 1.165) is 18.9 Å². The first-order valence-electron chi connectivity index (χ1n) is 10.6. The molecule has 1 saturated carbocycles. The highest BCUT2D eigenvalue weighted by molar-refractivity contribution is 5.97. The Morgan fingerprint density at radius 1 is 1.44 bits per heavy atom. The Bertz CT molecular complexity index is 1180. The summed E-state index contributed by atoms with van der Waals surface area (Å²) in [7, 11) is 0. The van der Waals surface area contributed by atoms with Crippen molar-refractivity contribution in [3.8, 4) is 0 Å². The van der Waals surface area contributed by atoms with E-state index in [1.165, 1.54) is 6.20 Å². The molecule has 1 unspecified atom stereocenters. The lowest BCUT2D eigenvalue weighted by molar-refractivity contribution is -0.000438. The summed E-state index contributed by atoms with van der Waals surface area (Å²) < 4.78 is 16.9. The van der Waals surface area contributed by atoms with E-state index >= 15 is 4.39 Å². The monoisotopic (exact) mass is 445 g/mol. The van der Waals surface area contributed by atoms with Gasteiger partial charge in [0, 0.05) is 30.7 Å². The molecule has 9 nitrogen and oxygen atoms in total. The van der Waals surface area contributed by atoms with Gasteiger partial charge in [0.05, 0.1) is 17.6 Å². The van der Waals surface area contributed by atoms with Crippen LogP contribution in [0.3, 0.4) is 0 Å². The summed E-state index contributed by atoms with van der Waals surface area (Å²) in [4.78, 5) is 36.0. The number of oxime groups is 1. The van der Waals surface area contributed by atoms with Crippen LogP contribution < -0.4 is 16.1 Å². The fourth-order valence-corrected chi connectivity index (χ4v) is 3.85. The van der Waals surface area contributed by atoms with Crippen LogP contribution in [0.15, 0.2) is 22.2 Å². The third kappa shape index (κ3) is 3.94. The van der Waals surface area contributed by atoms with E-state index in [2.05, 4.69) is 10.1 Å². The zero-order chi connectivity index (χ0) is 23.4. The first kappa shape index (κ1) is 22.2. The number of carbonyl (C=O) groups is 1. The van der Waals surface area contributed by atoms with Gasteiger partial charge in [0.2, 0.25) is 5.43 Å². The minimum Gasteiger partial charge on any atom is -0.477 e. The Balaban J connectivity index is 1.81. The number of fused-ring (bicyclic) bond motifs is 1. The van der Waals surface area contributed by atoms with Gasteiger partial charge in [0.15, 0.2) is 11.6 Å². The van der Waals surface area contributed by atoms with Crippen LogP contribution in [0.2, 0.25) is 0 Å². The van der Waals surface area contributed by atoms with Crippen LogP contribution in [0.25, 0.3) is 11.0 Å². The predicted octanol–water partition coefficient (Wildman–Crippen LogP) is 2.52. The normalized spacial score (nSPS) is 22.7. The summed E-state index contributed by atoms with van der Waals surface area (Å²) in [6.45, 7) is 8.55. The maximum absolute atomic E-state index is 15.2. The molecule has 0 amide bonds. The molecule has 1 saturated heterocycles. The van der Waals surface area contributed by atoms with Crippen LogP contribution in [0.5, 0.6) is 0 Å². The Hall–Kier alpha value is -3.01. The number of hydrogen-bond donors (Lipinski definition) is 2. The number of nitrogens with zero attached hydrogens (tertiary/aromatic N) is 4. The third-order valence-corrected chi connectivity index (χ3v) is 5.87. The van der Waals surface area contributed by atoms with Crippen molar-refractivity contribution in [1.82, 2.24) is 9.55 Å². The summed E-state index contributed by atoms with van der Waals surface area (Å²) in [6.07, 6.45) is 3.01. The Morgan fingerprint density at radius 2 is 2.12 bits per heavy atom. The average Bonchev–Trinajstić information content (AvgIpc) is 3.49. The molecule has 0 aromatic carbocycles. The van der Waals surface area contributed by atoms with Crippen molar-refractivity contribution in [1.29, 1.82) is 0 Å². The molecule has 2 fully saturated rings. The molecule has 3 heterocycles. The Labute approximate surface area is 184 Å². The quantitative estimate of drug-likeness (QED) is 0.678. The summed E-state index contributed by atoms with van der Waals surface area (Å²) in [5.41, 5.74) is 4.86. The van der Waals surface area contributed by atoms with E-state index in [-0.39, 0.29) is 35.0 Å². The minimum atomic E-state index is -1.34. The fourth-order valence-electron chi connectivity index (χ4n) is 3.85. The fraction of sp³-hybridized carbons (Fsp3) is 0.545. The third-order valence-electron chi connectivity index (χ3n) is 5.87. The molecule has 2 aromatic rings. The maximum atomic E-state index is 15.2. The van der Waals surface area contributed by atoms with Crippen LogP contribution in [0, 0.1) is 11.2 Å². The zero-order valence-corrected chi connectivity index (χ0v) is 18.7. The summed E-state index contributed by atoms with van der Waals surface area (Å²) >= 11 is 0. The first-order chi connectivity index (χ1) is 14.9. The minimum absolute atomic E-state index is 0.0382. The van der Waals surface area contributed by atoms with Crippen molar-refractivity contribution in [2.75, 3.05) is 24.5 Å². The highest BCUT2D eigenvalue weighted by atomic mass is 19.1. The molecule has 1 atom stereocenters. The molecule has 2 aliphatic rings. The van der Waals surface area contributed by atoms with Crippen molar-refractivity contribution in [3.05, 3.63) is 33.9 Å². The van der Waals surface area contributed by atoms with Crippen molar-refractivity contribution in [2.24, 2.45) is 16.3 Å². The highest BCUT2D eigenvalue weighted by Crippen LogP contribution is 2.38. The lowest BCUT2D eigenvalue weighted by Gasteiger charge is -2.24. The second kappa shape index (κ2) is 7.54. The predicted molar refractivity (Wildman–Crippen MR) is 119 cm³/mol. The summed E-state index contributed by atoms with van der Waals surface area (Å²) in [6, 6.07) is 1.14. The second-order valence-corrected chi connectivity index (χ2v) is 9.84. The molecule has 172 valence electrons. The molecule has 0 radical (unpaired) electrons. The maximum Gasteiger partial charge on any atom is 0.341 e. The number of aromatic nitrogens is 2. The van der Waals surface area contributed by atoms with Gasteiger partial charge >= 0.3 is 5.97 Å². The Kier molecular flexibility index (Phi) is 5.23. The summed E-state index contributed by atoms with van der Waals surface area (Å²) in [5.74, 6) is -1.96. The lowest BCUT2D eigenvalue weighted by Crippen LogP contribution is -2.36. The van der Waals surface area contributed by atoms with Gasteiger partial charge in [-0.2, -0.15) is 0 Å². The molecule has 1 aliphatic heterocycles. The largest absolute Gasteiger partial charge is 0.477 e. The molecule has 0 bridgehead atoms. The molecule has 3 N–H and O–H groups in total. The topological polar surface area (TPSA) is 123 Å². The van der Waals surface area contributed by atoms with E-state index in [4.69, 9.17) is 10.6 Å². The van der Waals surface area contributed by atoms with Gasteiger partial charge in [0.1, 0.15) is 16.8 Å². The van der Waals surface area contributed by atoms with E-state index in [1.54, 1.807) is 9.47 Å². The number of carboxylic acid groups (broad SMARTS) is 1. The van der Waals surface area contributed by atoms with Crippen molar-refractivity contribution >= 4 is 28.5 Å². The van der Waals surface area contributed by atoms with Gasteiger partial charge in [-0.05, 0) is 39.7 Å². The molecule has 1 aliphatic carbocycles. The number of nitrogens with two attached hydrogens (primary N) is 1. The molecular weight excluding hydrogens is 417 g/mol. The molecule has 0 spiro atoms. The molecule has 4 rings (SSSR count). The number of rotatable bonds is 5. The number of halogens is 1. The number of anilines is 1. The van der Waals surface area contributed by atoms with E-state index in [1.807, 2.05) is 27.7 Å². The molecule has 32 heavy (non-hydrogen) atoms. The smallest absolute Gasteiger partial charge is 0.341 e. The number of carboxylic acids is 1. The standard InChI is InChI=1S/C22H28FN5O4/c1-21(2,3)32-26-16-9-27(11-22(16,4)10-24)19-15(23)7-13-17(29)14(20(30)31)8-28(12-5-6-12)18(13)25-19/h7-8,12H,5-6,9-11,24H2,1-4H3,(H,30,31). The van der Waals surface area contributed by atoms with Crippen molar-refractivity contribution in [2.45, 2.75) is 52.2 Å². The van der Waals surface area contributed by atoms with Gasteiger partial charge in [-0.15, -0.1) is 0 Å². The van der Waals surface area contributed by atoms with Crippen molar-refractivity contribution in [3.63, 3.8) is 0 Å². The number of aromatic carboxylic acids is 1. The number of pyridine rings is 2. The van der Waals surface area contributed by atoms with E-state index in [9.17, 15) is 14.7 Å². The second-order valence-electron chi connectivity index (χ2n) is 9.84. The van der Waals surface area contributed by atoms with Gasteiger partial charge in [-0.3, -0.25) is 4.79 Å². The SMILES string of the molecule is CC(C)(C)ON=C1CN(c2nc3c(cc2F)c(=O)c(C(=O)O)cn3C2CC2)CC1(C)CN. The van der Waals surface area contributed by atoms with Crippen LogP contribution in [-0.4, -0.2) is 51.6 Å². The van der Waals surface area contributed by atoms with Crippen LogP contribution in [0.1, 0.15) is 56.9 Å². The average molecular weight is 445 g/mol. The number of hydrogen-bond acceptors (Lipinski definition) is 7. The first-order valence-corrected chi connectivity index (χ1v) is 10.6. The Morgan fingerprint density at radius 3 is 2.69 bits per heavy atom. The molecule has 2 aromatic heterocycles. The highest BCUT2D eigenvalue weighted by Gasteiger charge is 2.41. The van der Waals surface area contributed by atoms with Gasteiger partial charge in [0.25, 0.3) is 0 Å². The van der Waals surface area contributed by atoms with Crippen LogP contribution in [-0.2, 0) is 4.84 Å². The molecular formula is C22H28FN5O4. The van der Waals surface area contributed by atoms with Crippen molar-refractivity contribution < 1.29 is 19.1 Å². The van der Waals surface area contributed by atoms with Crippen LogP contribution in [0.4, 0.5) is 10.2 Å². The summed E-state index contributed by atoms with van der Waals surface area (Å²) in [5, 5.41) is 13.7. The molecule has 10 heteroatoms. The zero-order valence-electron chi connectivity index (χ0n) is 18.7. The van der Waals surface area contributed by atoms with Gasteiger partial charge < -0.3 is 25.1 Å². The lowest BCUT2D eigenvalue weighted by atomic mass is 9.88. The van der Waals surface area contributed by atoms with Gasteiger partial charge in [-0.1, -0.05) is 12.1 Å².